The predicted octanol–water partition coefficient (Wildman–Crippen LogP) is 2.88. The number of unbranched alkanes of at least 4 members (excludes halogenated alkanes) is 1. The van der Waals surface area contributed by atoms with Crippen LogP contribution in [0, 0.1) is 0 Å². The van der Waals surface area contributed by atoms with E-state index in [0.717, 1.165) is 24.2 Å². The molecule has 4 nitrogen and oxygen atoms in total. The molecule has 0 saturated heterocycles. The molecule has 96 valence electrons. The van der Waals surface area contributed by atoms with E-state index in [2.05, 4.69) is 11.2 Å². The molecule has 1 N–H and O–H groups in total. The number of para-hydroxylation sites is 1. The molecule has 0 amide bonds. The Morgan fingerprint density at radius 2 is 2.28 bits per heavy atom. The van der Waals surface area contributed by atoms with Crippen LogP contribution >= 0.6 is 11.8 Å². The Labute approximate surface area is 110 Å². The number of aromatic nitrogens is 2. The van der Waals surface area contributed by atoms with Crippen LogP contribution in [0.5, 0.6) is 0 Å². The summed E-state index contributed by atoms with van der Waals surface area (Å²) in [4.78, 5) is 15.3. The molecule has 18 heavy (non-hydrogen) atoms. The molecular formula is C13H16N2O2S. The lowest BCUT2D eigenvalue weighted by Gasteiger charge is -2.04. The normalized spacial score (nSPS) is 10.9. The Bertz CT molecular complexity index is 551. The summed E-state index contributed by atoms with van der Waals surface area (Å²) in [5.74, 6) is 0.237. The van der Waals surface area contributed by atoms with Crippen LogP contribution in [0.3, 0.4) is 0 Å². The Hall–Kier alpha value is -1.49. The highest BCUT2D eigenvalue weighted by molar-refractivity contribution is 7.98. The van der Waals surface area contributed by atoms with Crippen LogP contribution in [0.2, 0.25) is 0 Å². The zero-order valence-electron chi connectivity index (χ0n) is 10.3. The van der Waals surface area contributed by atoms with Crippen molar-refractivity contribution in [3.05, 3.63) is 30.1 Å². The zero-order valence-corrected chi connectivity index (χ0v) is 11.1. The van der Waals surface area contributed by atoms with Gasteiger partial charge < -0.3 is 9.67 Å². The van der Waals surface area contributed by atoms with E-state index < -0.39 is 5.97 Å². The smallest absolute Gasteiger partial charge is 0.337 e. The van der Waals surface area contributed by atoms with Gasteiger partial charge in [-0.1, -0.05) is 6.07 Å². The number of hydrogen-bond acceptors (Lipinski definition) is 3. The van der Waals surface area contributed by atoms with Crippen molar-refractivity contribution in [2.24, 2.45) is 0 Å². The molecule has 2 aromatic rings. The second-order valence-electron chi connectivity index (χ2n) is 4.12. The van der Waals surface area contributed by atoms with Gasteiger partial charge in [-0.3, -0.25) is 0 Å². The van der Waals surface area contributed by atoms with Crippen molar-refractivity contribution in [1.82, 2.24) is 9.55 Å². The van der Waals surface area contributed by atoms with E-state index in [1.807, 2.05) is 22.4 Å². The number of carboxylic acid groups (broad SMARTS) is 1. The summed E-state index contributed by atoms with van der Waals surface area (Å²) in [6, 6.07) is 5.28. The maximum Gasteiger partial charge on any atom is 0.337 e. The average Bonchev–Trinajstić information content (AvgIpc) is 2.77. The highest BCUT2D eigenvalue weighted by Gasteiger charge is 2.11. The second kappa shape index (κ2) is 5.91. The molecule has 1 aromatic heterocycles. The first-order valence-corrected chi connectivity index (χ1v) is 7.29. The molecule has 0 saturated carbocycles. The molecule has 0 unspecified atom stereocenters. The molecule has 0 spiro atoms. The van der Waals surface area contributed by atoms with Crippen LogP contribution in [0.25, 0.3) is 11.0 Å². The number of rotatable bonds is 6. The van der Waals surface area contributed by atoms with E-state index in [1.54, 1.807) is 18.5 Å². The number of hydrogen-bond donors (Lipinski definition) is 1. The fraction of sp³-hybridized carbons (Fsp3) is 0.385. The van der Waals surface area contributed by atoms with E-state index in [9.17, 15) is 4.79 Å². The van der Waals surface area contributed by atoms with Gasteiger partial charge in [0, 0.05) is 6.54 Å². The van der Waals surface area contributed by atoms with Crippen molar-refractivity contribution in [1.29, 1.82) is 0 Å². The predicted molar refractivity (Wildman–Crippen MR) is 74.3 cm³/mol. The maximum atomic E-state index is 11.1. The van der Waals surface area contributed by atoms with Gasteiger partial charge in [0.25, 0.3) is 0 Å². The van der Waals surface area contributed by atoms with Gasteiger partial charge in [-0.25, -0.2) is 9.78 Å². The van der Waals surface area contributed by atoms with E-state index in [-0.39, 0.29) is 5.56 Å². The van der Waals surface area contributed by atoms with Gasteiger partial charge in [0.05, 0.1) is 17.4 Å². The quantitative estimate of drug-likeness (QED) is 0.815. The summed E-state index contributed by atoms with van der Waals surface area (Å²) in [5, 5.41) is 9.09. The molecule has 2 rings (SSSR count). The Kier molecular flexibility index (Phi) is 4.25. The van der Waals surface area contributed by atoms with Gasteiger partial charge in [-0.05, 0) is 37.0 Å². The molecule has 0 radical (unpaired) electrons. The molecule has 5 heteroatoms. The molecule has 0 fully saturated rings. The van der Waals surface area contributed by atoms with Gasteiger partial charge in [-0.2, -0.15) is 11.8 Å². The molecular weight excluding hydrogens is 248 g/mol. The highest BCUT2D eigenvalue weighted by atomic mass is 32.2. The first kappa shape index (κ1) is 13.0. The third-order valence-corrected chi connectivity index (χ3v) is 3.58. The van der Waals surface area contributed by atoms with Crippen molar-refractivity contribution in [3.8, 4) is 0 Å². The highest BCUT2D eigenvalue weighted by Crippen LogP contribution is 2.18. The summed E-state index contributed by atoms with van der Waals surface area (Å²) in [5.41, 5.74) is 1.75. The van der Waals surface area contributed by atoms with Crippen LogP contribution in [0.1, 0.15) is 23.2 Å². The van der Waals surface area contributed by atoms with Crippen LogP contribution < -0.4 is 0 Å². The van der Waals surface area contributed by atoms with Crippen LogP contribution in [0.15, 0.2) is 24.5 Å². The number of benzene rings is 1. The van der Waals surface area contributed by atoms with Gasteiger partial charge in [0.15, 0.2) is 0 Å². The largest absolute Gasteiger partial charge is 0.478 e. The Morgan fingerprint density at radius 3 is 3.00 bits per heavy atom. The van der Waals surface area contributed by atoms with E-state index in [4.69, 9.17) is 5.11 Å². The fourth-order valence-corrected chi connectivity index (χ4v) is 2.46. The third-order valence-electron chi connectivity index (χ3n) is 2.88. The van der Waals surface area contributed by atoms with Crippen molar-refractivity contribution in [2.45, 2.75) is 19.4 Å². The number of carboxylic acids is 1. The summed E-state index contributed by atoms with van der Waals surface area (Å²) >= 11 is 1.85. The Balaban J connectivity index is 2.20. The van der Waals surface area contributed by atoms with Gasteiger partial charge in [0.1, 0.15) is 5.52 Å². The molecule has 0 aliphatic carbocycles. The SMILES string of the molecule is CSCCCCn1cnc2c(C(=O)O)cccc21. The lowest BCUT2D eigenvalue weighted by Crippen LogP contribution is -1.99. The minimum Gasteiger partial charge on any atom is -0.478 e. The lowest BCUT2D eigenvalue weighted by atomic mass is 10.2. The van der Waals surface area contributed by atoms with Crippen LogP contribution in [-0.4, -0.2) is 32.6 Å². The van der Waals surface area contributed by atoms with Crippen LogP contribution in [0.4, 0.5) is 0 Å². The van der Waals surface area contributed by atoms with Crippen molar-refractivity contribution in [3.63, 3.8) is 0 Å². The maximum absolute atomic E-state index is 11.1. The molecule has 0 bridgehead atoms. The third kappa shape index (κ3) is 2.67. The second-order valence-corrected chi connectivity index (χ2v) is 5.10. The summed E-state index contributed by atoms with van der Waals surface area (Å²) < 4.78 is 2.03. The van der Waals surface area contributed by atoms with Gasteiger partial charge >= 0.3 is 5.97 Å². The van der Waals surface area contributed by atoms with E-state index in [1.165, 1.54) is 6.42 Å². The molecule has 0 aliphatic rings. The average molecular weight is 264 g/mol. The topological polar surface area (TPSA) is 55.1 Å². The monoisotopic (exact) mass is 264 g/mol. The number of aromatic carboxylic acids is 1. The zero-order chi connectivity index (χ0) is 13.0. The minimum absolute atomic E-state index is 0.273. The summed E-state index contributed by atoms with van der Waals surface area (Å²) in [6.45, 7) is 0.889. The van der Waals surface area contributed by atoms with Gasteiger partial charge in [0.2, 0.25) is 0 Å². The van der Waals surface area contributed by atoms with Crippen molar-refractivity contribution >= 4 is 28.8 Å². The number of aryl methyl sites for hydroxylation is 1. The molecule has 1 heterocycles. The number of carbonyl (C=O) groups is 1. The van der Waals surface area contributed by atoms with Crippen molar-refractivity contribution in [2.75, 3.05) is 12.0 Å². The van der Waals surface area contributed by atoms with Crippen molar-refractivity contribution < 1.29 is 9.90 Å². The molecule has 0 atom stereocenters. The Morgan fingerprint density at radius 1 is 1.44 bits per heavy atom. The minimum atomic E-state index is -0.923. The van der Waals surface area contributed by atoms with E-state index >= 15 is 0 Å². The lowest BCUT2D eigenvalue weighted by molar-refractivity contribution is 0.0699. The number of imidazole rings is 1. The van der Waals surface area contributed by atoms with Gasteiger partial charge in [-0.15, -0.1) is 0 Å². The van der Waals surface area contributed by atoms with E-state index in [0.29, 0.717) is 5.52 Å². The first-order valence-electron chi connectivity index (χ1n) is 5.90. The molecule has 1 aromatic carbocycles. The molecule has 0 aliphatic heterocycles. The fourth-order valence-electron chi connectivity index (χ4n) is 1.97. The summed E-state index contributed by atoms with van der Waals surface area (Å²) in [7, 11) is 0. The number of nitrogens with zero attached hydrogens (tertiary/aromatic N) is 2. The standard InChI is InChI=1S/C13H16N2O2S/c1-18-8-3-2-7-15-9-14-12-10(13(16)17)5-4-6-11(12)15/h4-6,9H,2-3,7-8H2,1H3,(H,16,17). The number of thioether (sulfide) groups is 1. The summed E-state index contributed by atoms with van der Waals surface area (Å²) in [6.07, 6.45) is 6.09. The van der Waals surface area contributed by atoms with Crippen LogP contribution in [-0.2, 0) is 6.54 Å². The first-order chi connectivity index (χ1) is 8.74. The number of fused-ring (bicyclic) bond motifs is 1.